The number of fused-ring (bicyclic) bond motifs is 1. The zero-order chi connectivity index (χ0) is 17.8. The lowest BCUT2D eigenvalue weighted by Crippen LogP contribution is -2.29. The standard InChI is InChI=1S/C18H11ClN4O2/c19-17-12-6-2-1-5-11(12)9-14(22-17)16(24)13(10-20)18(25)23-15-7-3-4-8-21-15/h1-9,13H,(H,21,23,25)/t13-/m0/s1. The number of pyridine rings is 2. The van der Waals surface area contributed by atoms with Crippen LogP contribution in [-0.4, -0.2) is 21.7 Å². The van der Waals surface area contributed by atoms with Crippen molar-refractivity contribution in [1.82, 2.24) is 9.97 Å². The summed E-state index contributed by atoms with van der Waals surface area (Å²) in [6.45, 7) is 0. The first-order valence-corrected chi connectivity index (χ1v) is 7.69. The Morgan fingerprint density at radius 2 is 1.92 bits per heavy atom. The van der Waals surface area contributed by atoms with Gasteiger partial charge in [-0.25, -0.2) is 9.97 Å². The molecule has 0 aliphatic carbocycles. The van der Waals surface area contributed by atoms with E-state index in [2.05, 4.69) is 15.3 Å². The lowest BCUT2D eigenvalue weighted by Gasteiger charge is -2.10. The third-order valence-electron chi connectivity index (χ3n) is 3.52. The van der Waals surface area contributed by atoms with E-state index in [1.165, 1.54) is 12.3 Å². The minimum Gasteiger partial charge on any atom is -0.309 e. The number of amides is 1. The molecule has 0 unspecified atom stereocenters. The summed E-state index contributed by atoms with van der Waals surface area (Å²) in [5.41, 5.74) is -0.0357. The van der Waals surface area contributed by atoms with Gasteiger partial charge < -0.3 is 5.32 Å². The molecule has 1 atom stereocenters. The number of nitrogens with one attached hydrogen (secondary N) is 1. The molecule has 7 heteroatoms. The van der Waals surface area contributed by atoms with Gasteiger partial charge in [-0.05, 0) is 23.6 Å². The third kappa shape index (κ3) is 3.47. The van der Waals surface area contributed by atoms with Gasteiger partial charge in [-0.3, -0.25) is 9.59 Å². The van der Waals surface area contributed by atoms with Crippen LogP contribution in [-0.2, 0) is 4.79 Å². The number of aromatic nitrogens is 2. The SMILES string of the molecule is N#C[C@H](C(=O)Nc1ccccn1)C(=O)c1cc2ccccc2c(Cl)n1. The molecule has 3 aromatic rings. The summed E-state index contributed by atoms with van der Waals surface area (Å²) in [7, 11) is 0. The number of nitrogens with zero attached hydrogens (tertiary/aromatic N) is 3. The number of anilines is 1. The molecule has 0 spiro atoms. The highest BCUT2D eigenvalue weighted by molar-refractivity contribution is 6.34. The van der Waals surface area contributed by atoms with Crippen LogP contribution in [0, 0.1) is 17.2 Å². The second-order valence-corrected chi connectivity index (χ2v) is 5.51. The molecule has 0 aliphatic rings. The molecule has 1 amide bonds. The molecule has 0 saturated carbocycles. The molecule has 0 aliphatic heterocycles. The fourth-order valence-electron chi connectivity index (χ4n) is 2.30. The van der Waals surface area contributed by atoms with E-state index < -0.39 is 17.6 Å². The van der Waals surface area contributed by atoms with Gasteiger partial charge in [0, 0.05) is 11.6 Å². The molecule has 1 N–H and O–H groups in total. The first-order valence-electron chi connectivity index (χ1n) is 7.31. The van der Waals surface area contributed by atoms with Crippen LogP contribution >= 0.6 is 11.6 Å². The number of carbonyl (C=O) groups is 2. The molecular weight excluding hydrogens is 340 g/mol. The second-order valence-electron chi connectivity index (χ2n) is 5.15. The Morgan fingerprint density at radius 3 is 2.64 bits per heavy atom. The largest absolute Gasteiger partial charge is 0.309 e. The maximum absolute atomic E-state index is 12.6. The zero-order valence-electron chi connectivity index (χ0n) is 12.8. The van der Waals surface area contributed by atoms with E-state index in [-0.39, 0.29) is 16.7 Å². The molecule has 2 aromatic heterocycles. The van der Waals surface area contributed by atoms with Gasteiger partial charge in [0.05, 0.1) is 6.07 Å². The molecule has 25 heavy (non-hydrogen) atoms. The fraction of sp³-hybridized carbons (Fsp3) is 0.0556. The molecule has 3 rings (SSSR count). The average Bonchev–Trinajstić information content (AvgIpc) is 2.63. The van der Waals surface area contributed by atoms with Crippen molar-refractivity contribution in [2.75, 3.05) is 5.32 Å². The predicted octanol–water partition coefficient (Wildman–Crippen LogP) is 3.24. The van der Waals surface area contributed by atoms with Crippen LogP contribution in [0.2, 0.25) is 5.15 Å². The van der Waals surface area contributed by atoms with Crippen molar-refractivity contribution in [1.29, 1.82) is 5.26 Å². The normalized spacial score (nSPS) is 11.5. The van der Waals surface area contributed by atoms with Gasteiger partial charge in [0.1, 0.15) is 16.7 Å². The lowest BCUT2D eigenvalue weighted by molar-refractivity contribution is -0.117. The van der Waals surface area contributed by atoms with Crippen LogP contribution in [0.4, 0.5) is 5.82 Å². The minimum atomic E-state index is -1.55. The molecule has 0 fully saturated rings. The van der Waals surface area contributed by atoms with Crippen LogP contribution in [0.1, 0.15) is 10.5 Å². The average molecular weight is 351 g/mol. The van der Waals surface area contributed by atoms with E-state index >= 15 is 0 Å². The number of Topliss-reactive ketones (excluding diaryl/α,β-unsaturated/α-hetero) is 1. The summed E-state index contributed by atoms with van der Waals surface area (Å²) in [5.74, 6) is -2.78. The summed E-state index contributed by atoms with van der Waals surface area (Å²) < 4.78 is 0. The number of carbonyl (C=O) groups excluding carboxylic acids is 2. The maximum Gasteiger partial charge on any atom is 0.250 e. The molecule has 0 radical (unpaired) electrons. The van der Waals surface area contributed by atoms with Gasteiger partial charge in [-0.15, -0.1) is 0 Å². The van der Waals surface area contributed by atoms with Crippen molar-refractivity contribution in [3.63, 3.8) is 0 Å². The number of ketones is 1. The number of rotatable bonds is 4. The number of halogens is 1. The molecule has 0 saturated heterocycles. The van der Waals surface area contributed by atoms with Gasteiger partial charge >= 0.3 is 0 Å². The first-order chi connectivity index (χ1) is 12.1. The Kier molecular flexibility index (Phi) is 4.68. The topological polar surface area (TPSA) is 95.7 Å². The van der Waals surface area contributed by atoms with Crippen LogP contribution in [0.3, 0.4) is 0 Å². The lowest BCUT2D eigenvalue weighted by atomic mass is 10.0. The highest BCUT2D eigenvalue weighted by Crippen LogP contribution is 2.23. The Balaban J connectivity index is 1.90. The summed E-state index contributed by atoms with van der Waals surface area (Å²) in [6.07, 6.45) is 1.49. The molecule has 122 valence electrons. The number of hydrogen-bond donors (Lipinski definition) is 1. The van der Waals surface area contributed by atoms with E-state index in [0.717, 1.165) is 0 Å². The second kappa shape index (κ2) is 7.07. The molecule has 1 aromatic carbocycles. The van der Waals surface area contributed by atoms with Crippen LogP contribution in [0.15, 0.2) is 54.7 Å². The summed E-state index contributed by atoms with van der Waals surface area (Å²) in [5, 5.41) is 13.2. The van der Waals surface area contributed by atoms with Crippen LogP contribution in [0.25, 0.3) is 10.8 Å². The molecule has 2 heterocycles. The van der Waals surface area contributed by atoms with E-state index in [4.69, 9.17) is 11.6 Å². The molecular formula is C18H11ClN4O2. The maximum atomic E-state index is 12.6. The van der Waals surface area contributed by atoms with Gasteiger partial charge in [0.2, 0.25) is 5.78 Å². The Hall–Kier alpha value is -3.30. The van der Waals surface area contributed by atoms with Crippen molar-refractivity contribution in [2.45, 2.75) is 0 Å². The first kappa shape index (κ1) is 16.6. The predicted molar refractivity (Wildman–Crippen MR) is 93.1 cm³/mol. The van der Waals surface area contributed by atoms with E-state index in [9.17, 15) is 14.9 Å². The summed E-state index contributed by atoms with van der Waals surface area (Å²) >= 11 is 6.11. The van der Waals surface area contributed by atoms with E-state index in [1.54, 1.807) is 48.5 Å². The minimum absolute atomic E-state index is 0.0357. The summed E-state index contributed by atoms with van der Waals surface area (Å²) in [4.78, 5) is 32.8. The van der Waals surface area contributed by atoms with Crippen LogP contribution in [0.5, 0.6) is 0 Å². The van der Waals surface area contributed by atoms with Gasteiger partial charge in [-0.1, -0.05) is 41.9 Å². The van der Waals surface area contributed by atoms with Crippen molar-refractivity contribution in [3.05, 3.63) is 65.6 Å². The van der Waals surface area contributed by atoms with E-state index in [0.29, 0.717) is 10.8 Å². The monoisotopic (exact) mass is 350 g/mol. The smallest absolute Gasteiger partial charge is 0.250 e. The zero-order valence-corrected chi connectivity index (χ0v) is 13.6. The van der Waals surface area contributed by atoms with Crippen molar-refractivity contribution in [2.24, 2.45) is 5.92 Å². The highest BCUT2D eigenvalue weighted by atomic mass is 35.5. The summed E-state index contributed by atoms with van der Waals surface area (Å²) in [6, 6.07) is 15.3. The van der Waals surface area contributed by atoms with E-state index in [1.807, 2.05) is 0 Å². The van der Waals surface area contributed by atoms with Crippen molar-refractivity contribution in [3.8, 4) is 6.07 Å². The third-order valence-corrected chi connectivity index (χ3v) is 3.80. The van der Waals surface area contributed by atoms with Crippen molar-refractivity contribution < 1.29 is 9.59 Å². The number of benzene rings is 1. The Morgan fingerprint density at radius 1 is 1.16 bits per heavy atom. The highest BCUT2D eigenvalue weighted by Gasteiger charge is 2.29. The Bertz CT molecular complexity index is 999. The Labute approximate surface area is 148 Å². The molecule has 6 nitrogen and oxygen atoms in total. The van der Waals surface area contributed by atoms with Gasteiger partial charge in [-0.2, -0.15) is 5.26 Å². The van der Waals surface area contributed by atoms with Gasteiger partial charge in [0.25, 0.3) is 5.91 Å². The fourth-order valence-corrected chi connectivity index (χ4v) is 2.56. The number of nitriles is 1. The van der Waals surface area contributed by atoms with Crippen molar-refractivity contribution >= 4 is 39.9 Å². The van der Waals surface area contributed by atoms with Crippen LogP contribution < -0.4 is 5.32 Å². The molecule has 0 bridgehead atoms. The van der Waals surface area contributed by atoms with Gasteiger partial charge in [0.15, 0.2) is 5.92 Å². The number of hydrogen-bond acceptors (Lipinski definition) is 5. The quantitative estimate of drug-likeness (QED) is 0.442.